The number of nitrogens with one attached hydrogen (secondary N) is 1. The lowest BCUT2D eigenvalue weighted by Gasteiger charge is -2.25. The number of aliphatic carboxylic acids is 1. The maximum atomic E-state index is 11.3. The van der Waals surface area contributed by atoms with Crippen molar-refractivity contribution < 1.29 is 19.4 Å². The maximum absolute atomic E-state index is 11.3. The molecule has 0 saturated heterocycles. The van der Waals surface area contributed by atoms with Crippen LogP contribution in [0.4, 0.5) is 0 Å². The molecule has 20 heavy (non-hydrogen) atoms. The van der Waals surface area contributed by atoms with E-state index in [0.717, 1.165) is 5.75 Å². The van der Waals surface area contributed by atoms with Crippen LogP contribution < -0.4 is 14.8 Å². The molecule has 0 bridgehead atoms. The molecular formula is C15H23NO4. The first kappa shape index (κ1) is 16.3. The third-order valence-electron chi connectivity index (χ3n) is 3.03. The highest BCUT2D eigenvalue weighted by Gasteiger charge is 2.31. The van der Waals surface area contributed by atoms with Gasteiger partial charge in [0.05, 0.1) is 13.2 Å². The lowest BCUT2D eigenvalue weighted by Crippen LogP contribution is -2.50. The van der Waals surface area contributed by atoms with Crippen LogP contribution >= 0.6 is 0 Å². The Hall–Kier alpha value is -1.75. The summed E-state index contributed by atoms with van der Waals surface area (Å²) in [5.41, 5.74) is -0.966. The van der Waals surface area contributed by atoms with E-state index in [1.807, 2.05) is 32.0 Å². The molecule has 0 saturated carbocycles. The van der Waals surface area contributed by atoms with Gasteiger partial charge in [-0.1, -0.05) is 13.0 Å². The van der Waals surface area contributed by atoms with Gasteiger partial charge in [0.25, 0.3) is 0 Å². The first-order chi connectivity index (χ1) is 9.51. The SMILES string of the molecule is CCNC(C)(CCOc1cccc(OCC)c1)C(=O)O. The number of carboxylic acids is 1. The fraction of sp³-hybridized carbons (Fsp3) is 0.533. The highest BCUT2D eigenvalue weighted by Crippen LogP contribution is 2.20. The van der Waals surface area contributed by atoms with Gasteiger partial charge in [-0.3, -0.25) is 4.79 Å². The number of carboxylic acid groups (broad SMARTS) is 1. The summed E-state index contributed by atoms with van der Waals surface area (Å²) in [5, 5.41) is 12.2. The lowest BCUT2D eigenvalue weighted by atomic mass is 9.98. The minimum Gasteiger partial charge on any atom is -0.494 e. The van der Waals surface area contributed by atoms with Gasteiger partial charge in [-0.2, -0.15) is 0 Å². The van der Waals surface area contributed by atoms with Crippen LogP contribution in [0, 0.1) is 0 Å². The molecule has 1 rings (SSSR count). The second-order valence-corrected chi connectivity index (χ2v) is 4.67. The van der Waals surface area contributed by atoms with Gasteiger partial charge in [0, 0.05) is 12.5 Å². The van der Waals surface area contributed by atoms with Gasteiger partial charge >= 0.3 is 5.97 Å². The number of ether oxygens (including phenoxy) is 2. The molecule has 1 aromatic rings. The molecule has 2 N–H and O–H groups in total. The molecular weight excluding hydrogens is 258 g/mol. The van der Waals surface area contributed by atoms with Gasteiger partial charge in [-0.25, -0.2) is 0 Å². The number of hydrogen-bond donors (Lipinski definition) is 2. The molecule has 0 aliphatic rings. The Labute approximate surface area is 119 Å². The molecule has 0 fully saturated rings. The second kappa shape index (κ2) is 7.75. The van der Waals surface area contributed by atoms with E-state index in [0.29, 0.717) is 31.9 Å². The minimum atomic E-state index is -0.966. The molecule has 0 aromatic heterocycles. The summed E-state index contributed by atoms with van der Waals surface area (Å²) in [5.74, 6) is 0.559. The molecule has 1 aromatic carbocycles. The summed E-state index contributed by atoms with van der Waals surface area (Å²) in [7, 11) is 0. The van der Waals surface area contributed by atoms with E-state index in [1.54, 1.807) is 13.0 Å². The molecule has 5 heteroatoms. The van der Waals surface area contributed by atoms with Crippen molar-refractivity contribution in [2.75, 3.05) is 19.8 Å². The van der Waals surface area contributed by atoms with Crippen molar-refractivity contribution in [1.29, 1.82) is 0 Å². The van der Waals surface area contributed by atoms with Crippen molar-refractivity contribution in [3.8, 4) is 11.5 Å². The Balaban J connectivity index is 2.54. The number of hydrogen-bond acceptors (Lipinski definition) is 4. The molecule has 112 valence electrons. The number of rotatable bonds is 9. The standard InChI is InChI=1S/C15H23NO4/c1-4-16-15(3,14(17)18)9-10-20-13-8-6-7-12(11-13)19-5-2/h6-8,11,16H,4-5,9-10H2,1-3H3,(H,17,18). The van der Waals surface area contributed by atoms with Crippen molar-refractivity contribution >= 4 is 5.97 Å². The van der Waals surface area contributed by atoms with Crippen LogP contribution in [0.3, 0.4) is 0 Å². The zero-order chi connectivity index (χ0) is 15.0. The molecule has 0 aliphatic carbocycles. The van der Waals surface area contributed by atoms with E-state index in [1.165, 1.54) is 0 Å². The van der Waals surface area contributed by atoms with Crippen molar-refractivity contribution in [2.24, 2.45) is 0 Å². The van der Waals surface area contributed by atoms with Crippen molar-refractivity contribution in [1.82, 2.24) is 5.32 Å². The zero-order valence-electron chi connectivity index (χ0n) is 12.3. The fourth-order valence-electron chi connectivity index (χ4n) is 1.85. The highest BCUT2D eigenvalue weighted by molar-refractivity contribution is 5.78. The molecule has 1 unspecified atom stereocenters. The first-order valence-electron chi connectivity index (χ1n) is 6.86. The van der Waals surface area contributed by atoms with Gasteiger partial charge in [0.15, 0.2) is 0 Å². The molecule has 1 atom stereocenters. The maximum Gasteiger partial charge on any atom is 0.323 e. The van der Waals surface area contributed by atoms with Crippen LogP contribution in [0.2, 0.25) is 0 Å². The number of carbonyl (C=O) groups is 1. The van der Waals surface area contributed by atoms with E-state index in [4.69, 9.17) is 9.47 Å². The molecule has 0 heterocycles. The van der Waals surface area contributed by atoms with E-state index in [-0.39, 0.29) is 0 Å². The summed E-state index contributed by atoms with van der Waals surface area (Å²) < 4.78 is 11.0. The highest BCUT2D eigenvalue weighted by atomic mass is 16.5. The van der Waals surface area contributed by atoms with E-state index >= 15 is 0 Å². The topological polar surface area (TPSA) is 67.8 Å². The largest absolute Gasteiger partial charge is 0.494 e. The van der Waals surface area contributed by atoms with Crippen molar-refractivity contribution in [3.63, 3.8) is 0 Å². The zero-order valence-corrected chi connectivity index (χ0v) is 12.3. The third kappa shape index (κ3) is 4.74. The summed E-state index contributed by atoms with van der Waals surface area (Å²) in [6.07, 6.45) is 0.384. The second-order valence-electron chi connectivity index (χ2n) is 4.67. The van der Waals surface area contributed by atoms with Crippen LogP contribution in [0.1, 0.15) is 27.2 Å². The van der Waals surface area contributed by atoms with Gasteiger partial charge in [0.1, 0.15) is 17.0 Å². The van der Waals surface area contributed by atoms with Crippen LogP contribution in [-0.4, -0.2) is 36.4 Å². The lowest BCUT2D eigenvalue weighted by molar-refractivity contribution is -0.144. The monoisotopic (exact) mass is 281 g/mol. The molecule has 5 nitrogen and oxygen atoms in total. The Morgan fingerprint density at radius 1 is 1.30 bits per heavy atom. The Morgan fingerprint density at radius 2 is 1.95 bits per heavy atom. The quantitative estimate of drug-likeness (QED) is 0.727. The molecule has 0 aliphatic heterocycles. The van der Waals surface area contributed by atoms with Crippen molar-refractivity contribution in [3.05, 3.63) is 24.3 Å². The Morgan fingerprint density at radius 3 is 2.50 bits per heavy atom. The molecule has 0 amide bonds. The normalized spacial score (nSPS) is 13.6. The average molecular weight is 281 g/mol. The van der Waals surface area contributed by atoms with Crippen molar-refractivity contribution in [2.45, 2.75) is 32.7 Å². The summed E-state index contributed by atoms with van der Waals surface area (Å²) in [4.78, 5) is 11.3. The van der Waals surface area contributed by atoms with E-state index in [2.05, 4.69) is 5.32 Å². The van der Waals surface area contributed by atoms with Gasteiger partial charge in [0.2, 0.25) is 0 Å². The third-order valence-corrected chi connectivity index (χ3v) is 3.03. The van der Waals surface area contributed by atoms with Crippen LogP contribution in [0.5, 0.6) is 11.5 Å². The molecule has 0 spiro atoms. The van der Waals surface area contributed by atoms with E-state index < -0.39 is 11.5 Å². The Kier molecular flexibility index (Phi) is 6.31. The average Bonchev–Trinajstić information content (AvgIpc) is 2.39. The predicted molar refractivity (Wildman–Crippen MR) is 77.4 cm³/mol. The van der Waals surface area contributed by atoms with Crippen LogP contribution in [0.25, 0.3) is 0 Å². The number of benzene rings is 1. The summed E-state index contributed by atoms with van der Waals surface area (Å²) in [6, 6.07) is 7.33. The van der Waals surface area contributed by atoms with Crippen LogP contribution in [-0.2, 0) is 4.79 Å². The van der Waals surface area contributed by atoms with Gasteiger partial charge in [-0.05, 0) is 32.5 Å². The number of likely N-dealkylation sites (N-methyl/N-ethyl adjacent to an activating group) is 1. The summed E-state index contributed by atoms with van der Waals surface area (Å²) in [6.45, 7) is 6.99. The minimum absolute atomic E-state index is 0.325. The molecule has 0 radical (unpaired) electrons. The summed E-state index contributed by atoms with van der Waals surface area (Å²) >= 11 is 0. The van der Waals surface area contributed by atoms with Gasteiger partial charge in [-0.15, -0.1) is 0 Å². The van der Waals surface area contributed by atoms with E-state index in [9.17, 15) is 9.90 Å². The smallest absolute Gasteiger partial charge is 0.323 e. The predicted octanol–water partition coefficient (Wildman–Crippen LogP) is 2.31. The first-order valence-corrected chi connectivity index (χ1v) is 6.86. The van der Waals surface area contributed by atoms with Gasteiger partial charge < -0.3 is 19.9 Å². The fourth-order valence-corrected chi connectivity index (χ4v) is 1.85. The van der Waals surface area contributed by atoms with Crippen LogP contribution in [0.15, 0.2) is 24.3 Å². The Bertz CT molecular complexity index is 436.